The molecular weight excluding hydrogens is 296 g/mol. The number of amides is 1. The van der Waals surface area contributed by atoms with Crippen LogP contribution in [0.1, 0.15) is 12.0 Å². The molecule has 0 N–H and O–H groups in total. The maximum Gasteiger partial charge on any atom is 0.288 e. The quantitative estimate of drug-likeness (QED) is 0.418. The highest BCUT2D eigenvalue weighted by atomic mass is 32.2. The van der Waals surface area contributed by atoms with Crippen molar-refractivity contribution in [2.24, 2.45) is 0 Å². The molecule has 21 heavy (non-hydrogen) atoms. The highest BCUT2D eigenvalue weighted by molar-refractivity contribution is 7.99. The van der Waals surface area contributed by atoms with Crippen LogP contribution in [0.4, 0.5) is 8.78 Å². The van der Waals surface area contributed by atoms with Gasteiger partial charge in [-0.3, -0.25) is 4.79 Å². The highest BCUT2D eigenvalue weighted by Gasteiger charge is 2.05. The Morgan fingerprint density at radius 2 is 2.05 bits per heavy atom. The summed E-state index contributed by atoms with van der Waals surface area (Å²) in [5.74, 6) is -2.52. The van der Waals surface area contributed by atoms with Crippen molar-refractivity contribution in [2.45, 2.75) is 17.1 Å². The van der Waals surface area contributed by atoms with Crippen LogP contribution in [0.3, 0.4) is 0 Å². The Morgan fingerprint density at radius 1 is 1.38 bits per heavy atom. The number of carbonyl (C=O) groups excluding carboxylic acids is 1. The Balaban J connectivity index is 2.49. The minimum atomic E-state index is -2.42. The van der Waals surface area contributed by atoms with Crippen LogP contribution in [0, 0.1) is 0 Å². The third-order valence-corrected chi connectivity index (χ3v) is 3.46. The van der Waals surface area contributed by atoms with Crippen molar-refractivity contribution in [3.63, 3.8) is 0 Å². The summed E-state index contributed by atoms with van der Waals surface area (Å²) in [7, 11) is 3.35. The Kier molecular flexibility index (Phi) is 8.00. The van der Waals surface area contributed by atoms with Gasteiger partial charge >= 0.3 is 0 Å². The summed E-state index contributed by atoms with van der Waals surface area (Å²) in [5.41, 5.74) is 0.798. The standard InChI is InChI=1S/C15H19F2NO2S/c1-18(10-3-11-20-2)14(19)9-6-12-4-7-13(8-5-12)21-15(16)17/h4-9,15H,3,10-11H2,1-2H3/b9-6+. The number of hydrogen-bond acceptors (Lipinski definition) is 3. The van der Waals surface area contributed by atoms with Gasteiger partial charge in [0, 0.05) is 38.3 Å². The van der Waals surface area contributed by atoms with Crippen LogP contribution in [-0.4, -0.2) is 43.9 Å². The van der Waals surface area contributed by atoms with Crippen LogP contribution >= 0.6 is 11.8 Å². The van der Waals surface area contributed by atoms with E-state index >= 15 is 0 Å². The molecule has 1 amide bonds. The second kappa shape index (κ2) is 9.52. The van der Waals surface area contributed by atoms with Gasteiger partial charge in [-0.15, -0.1) is 0 Å². The molecule has 0 radical (unpaired) electrons. The average Bonchev–Trinajstić information content (AvgIpc) is 2.45. The highest BCUT2D eigenvalue weighted by Crippen LogP contribution is 2.25. The monoisotopic (exact) mass is 315 g/mol. The fraction of sp³-hybridized carbons (Fsp3) is 0.400. The van der Waals surface area contributed by atoms with Crippen molar-refractivity contribution < 1.29 is 18.3 Å². The third kappa shape index (κ3) is 7.24. The number of methoxy groups -OCH3 is 1. The van der Waals surface area contributed by atoms with Crippen molar-refractivity contribution in [3.05, 3.63) is 35.9 Å². The van der Waals surface area contributed by atoms with Gasteiger partial charge in [0.15, 0.2) is 0 Å². The zero-order valence-corrected chi connectivity index (χ0v) is 12.9. The first-order chi connectivity index (χ1) is 10.0. The SMILES string of the molecule is COCCCN(C)C(=O)/C=C/c1ccc(SC(F)F)cc1. The van der Waals surface area contributed by atoms with Crippen molar-refractivity contribution in [3.8, 4) is 0 Å². The minimum absolute atomic E-state index is 0.0999. The Morgan fingerprint density at radius 3 is 2.62 bits per heavy atom. The first kappa shape index (κ1) is 17.7. The van der Waals surface area contributed by atoms with E-state index in [4.69, 9.17) is 4.74 Å². The van der Waals surface area contributed by atoms with E-state index in [2.05, 4.69) is 0 Å². The van der Waals surface area contributed by atoms with E-state index in [-0.39, 0.29) is 5.91 Å². The summed E-state index contributed by atoms with van der Waals surface area (Å²) in [4.78, 5) is 13.9. The Bertz CT molecular complexity index is 463. The number of alkyl halides is 2. The Labute approximate surface area is 128 Å². The van der Waals surface area contributed by atoms with Gasteiger partial charge in [-0.05, 0) is 30.2 Å². The minimum Gasteiger partial charge on any atom is -0.385 e. The molecule has 1 aromatic rings. The molecule has 0 spiro atoms. The molecule has 0 aliphatic heterocycles. The van der Waals surface area contributed by atoms with E-state index in [9.17, 15) is 13.6 Å². The number of thioether (sulfide) groups is 1. The van der Waals surface area contributed by atoms with E-state index in [0.717, 1.165) is 12.0 Å². The molecule has 1 rings (SSSR count). The Hall–Kier alpha value is -1.40. The number of ether oxygens (including phenoxy) is 1. The molecule has 0 aromatic heterocycles. The number of halogens is 2. The van der Waals surface area contributed by atoms with E-state index in [1.807, 2.05) is 0 Å². The third-order valence-electron chi connectivity index (χ3n) is 2.74. The molecule has 1 aromatic carbocycles. The van der Waals surface area contributed by atoms with Crippen molar-refractivity contribution >= 4 is 23.7 Å². The smallest absolute Gasteiger partial charge is 0.288 e. The molecular formula is C15H19F2NO2S. The van der Waals surface area contributed by atoms with Crippen molar-refractivity contribution in [1.82, 2.24) is 4.90 Å². The fourth-order valence-electron chi connectivity index (χ4n) is 1.61. The molecule has 3 nitrogen and oxygen atoms in total. The first-order valence-corrected chi connectivity index (χ1v) is 7.38. The number of carbonyl (C=O) groups is 1. The van der Waals surface area contributed by atoms with Crippen LogP contribution in [-0.2, 0) is 9.53 Å². The van der Waals surface area contributed by atoms with Gasteiger partial charge in [-0.25, -0.2) is 0 Å². The molecule has 0 saturated heterocycles. The van der Waals surface area contributed by atoms with Gasteiger partial charge < -0.3 is 9.64 Å². The lowest BCUT2D eigenvalue weighted by Gasteiger charge is -2.14. The van der Waals surface area contributed by atoms with Gasteiger partial charge in [-0.1, -0.05) is 23.9 Å². The normalized spacial score (nSPS) is 11.3. The van der Waals surface area contributed by atoms with Gasteiger partial charge in [0.1, 0.15) is 0 Å². The lowest BCUT2D eigenvalue weighted by atomic mass is 10.2. The average molecular weight is 315 g/mol. The summed E-state index contributed by atoms with van der Waals surface area (Å²) in [5, 5.41) is 0. The predicted molar refractivity (Wildman–Crippen MR) is 81.5 cm³/mol. The summed E-state index contributed by atoms with van der Waals surface area (Å²) in [6.07, 6.45) is 3.93. The first-order valence-electron chi connectivity index (χ1n) is 6.50. The van der Waals surface area contributed by atoms with Crippen molar-refractivity contribution in [2.75, 3.05) is 27.3 Å². The summed E-state index contributed by atoms with van der Waals surface area (Å²) in [6, 6.07) is 6.64. The van der Waals surface area contributed by atoms with Crippen LogP contribution in [0.5, 0.6) is 0 Å². The second-order valence-electron chi connectivity index (χ2n) is 4.39. The van der Waals surface area contributed by atoms with Crippen LogP contribution in [0.25, 0.3) is 6.08 Å². The number of benzene rings is 1. The van der Waals surface area contributed by atoms with E-state index in [1.165, 1.54) is 6.08 Å². The lowest BCUT2D eigenvalue weighted by molar-refractivity contribution is -0.124. The molecule has 0 heterocycles. The molecule has 6 heteroatoms. The van der Waals surface area contributed by atoms with E-state index in [0.29, 0.717) is 29.8 Å². The molecule has 0 unspecified atom stereocenters. The number of likely N-dealkylation sites (N-methyl/N-ethyl adjacent to an activating group) is 1. The number of rotatable bonds is 8. The molecule has 0 atom stereocenters. The molecule has 0 saturated carbocycles. The van der Waals surface area contributed by atoms with Gasteiger partial charge in [0.25, 0.3) is 5.76 Å². The van der Waals surface area contributed by atoms with Gasteiger partial charge in [0.05, 0.1) is 0 Å². The zero-order chi connectivity index (χ0) is 15.7. The molecule has 0 aliphatic carbocycles. The van der Waals surface area contributed by atoms with Crippen LogP contribution in [0.15, 0.2) is 35.2 Å². The summed E-state index contributed by atoms with van der Waals surface area (Å²) in [6.45, 7) is 1.24. The van der Waals surface area contributed by atoms with Gasteiger partial charge in [-0.2, -0.15) is 8.78 Å². The molecule has 0 fully saturated rings. The molecule has 0 bridgehead atoms. The summed E-state index contributed by atoms with van der Waals surface area (Å²) < 4.78 is 29.3. The maximum atomic E-state index is 12.2. The maximum absolute atomic E-state index is 12.2. The van der Waals surface area contributed by atoms with Crippen molar-refractivity contribution in [1.29, 1.82) is 0 Å². The molecule has 116 valence electrons. The summed E-state index contributed by atoms with van der Waals surface area (Å²) >= 11 is 0.503. The van der Waals surface area contributed by atoms with E-state index < -0.39 is 5.76 Å². The predicted octanol–water partition coefficient (Wildman–Crippen LogP) is 3.51. The van der Waals surface area contributed by atoms with Crippen LogP contribution < -0.4 is 0 Å². The van der Waals surface area contributed by atoms with Gasteiger partial charge in [0.2, 0.25) is 5.91 Å². The number of nitrogens with zero attached hydrogens (tertiary/aromatic N) is 1. The lowest BCUT2D eigenvalue weighted by Crippen LogP contribution is -2.26. The second-order valence-corrected chi connectivity index (χ2v) is 5.45. The zero-order valence-electron chi connectivity index (χ0n) is 12.1. The largest absolute Gasteiger partial charge is 0.385 e. The van der Waals surface area contributed by atoms with Crippen LogP contribution in [0.2, 0.25) is 0 Å². The number of hydrogen-bond donors (Lipinski definition) is 0. The van der Waals surface area contributed by atoms with E-state index in [1.54, 1.807) is 49.4 Å². The molecule has 0 aliphatic rings. The fourth-order valence-corrected chi connectivity index (χ4v) is 2.11. The topological polar surface area (TPSA) is 29.5 Å².